The van der Waals surface area contributed by atoms with E-state index in [2.05, 4.69) is 4.98 Å². The van der Waals surface area contributed by atoms with E-state index in [1.807, 2.05) is 24.3 Å². The third kappa shape index (κ3) is 2.97. The molecule has 1 N–H and O–H groups in total. The molecule has 1 aromatic heterocycles. The Morgan fingerprint density at radius 3 is 2.95 bits per heavy atom. The Balaban J connectivity index is 1.70. The van der Waals surface area contributed by atoms with Gasteiger partial charge in [0.1, 0.15) is 17.5 Å². The molecule has 0 saturated carbocycles. The maximum Gasteiger partial charge on any atom is 0.155 e. The van der Waals surface area contributed by atoms with Crippen molar-refractivity contribution >= 4 is 22.5 Å². The average molecular weight is 280 g/mol. The Bertz CT molecular complexity index is 590. The highest BCUT2D eigenvalue weighted by atomic mass is 35.5. The molecule has 2 aromatic rings. The molecular formula is C14H14ClNO3. The summed E-state index contributed by atoms with van der Waals surface area (Å²) in [7, 11) is 0. The quantitative estimate of drug-likeness (QED) is 0.878. The van der Waals surface area contributed by atoms with Crippen LogP contribution in [0.2, 0.25) is 5.15 Å². The smallest absolute Gasteiger partial charge is 0.155 e. The highest BCUT2D eigenvalue weighted by molar-refractivity contribution is 6.29. The minimum absolute atomic E-state index is 0.0435. The van der Waals surface area contributed by atoms with Gasteiger partial charge in [-0.1, -0.05) is 11.6 Å². The lowest BCUT2D eigenvalue weighted by atomic mass is 10.2. The molecule has 2 unspecified atom stereocenters. The standard InChI is InChI=1S/C14H14ClNO3/c15-13-5-2-9-1-3-10(7-12(9)16-13)18-8-11-4-6-14(17)19-11/h1-3,5,7,11,14,17H,4,6,8H2. The van der Waals surface area contributed by atoms with E-state index in [1.54, 1.807) is 6.07 Å². The summed E-state index contributed by atoms with van der Waals surface area (Å²) in [6.07, 6.45) is 0.797. The molecule has 0 radical (unpaired) electrons. The monoisotopic (exact) mass is 279 g/mol. The van der Waals surface area contributed by atoms with Crippen LogP contribution in [0.5, 0.6) is 5.75 Å². The van der Waals surface area contributed by atoms with Gasteiger partial charge in [-0.3, -0.25) is 0 Å². The van der Waals surface area contributed by atoms with Crippen molar-refractivity contribution in [1.29, 1.82) is 0 Å². The summed E-state index contributed by atoms with van der Waals surface area (Å²) in [5, 5.41) is 10.7. The van der Waals surface area contributed by atoms with Crippen LogP contribution in [0.25, 0.3) is 10.9 Å². The van der Waals surface area contributed by atoms with Crippen molar-refractivity contribution in [3.05, 3.63) is 35.5 Å². The molecule has 5 heteroatoms. The molecule has 0 bridgehead atoms. The van der Waals surface area contributed by atoms with Gasteiger partial charge in [0.05, 0.1) is 11.6 Å². The lowest BCUT2D eigenvalue weighted by Gasteiger charge is -2.12. The van der Waals surface area contributed by atoms with Crippen LogP contribution in [0.1, 0.15) is 12.8 Å². The molecule has 0 amide bonds. The molecule has 3 rings (SSSR count). The molecule has 1 aromatic carbocycles. The van der Waals surface area contributed by atoms with Gasteiger partial charge < -0.3 is 14.6 Å². The van der Waals surface area contributed by atoms with Crippen LogP contribution >= 0.6 is 11.6 Å². The van der Waals surface area contributed by atoms with Crippen molar-refractivity contribution in [2.45, 2.75) is 25.2 Å². The number of nitrogens with zero attached hydrogens (tertiary/aromatic N) is 1. The van der Waals surface area contributed by atoms with E-state index in [1.165, 1.54) is 0 Å². The van der Waals surface area contributed by atoms with Crippen molar-refractivity contribution < 1.29 is 14.6 Å². The second-order valence-corrected chi connectivity index (χ2v) is 4.98. The Morgan fingerprint density at radius 2 is 2.16 bits per heavy atom. The summed E-state index contributed by atoms with van der Waals surface area (Å²) in [5.41, 5.74) is 0.803. The zero-order valence-electron chi connectivity index (χ0n) is 10.3. The second-order valence-electron chi connectivity index (χ2n) is 4.59. The highest BCUT2D eigenvalue weighted by Crippen LogP contribution is 2.23. The number of hydrogen-bond acceptors (Lipinski definition) is 4. The summed E-state index contributed by atoms with van der Waals surface area (Å²) in [6, 6.07) is 9.37. The van der Waals surface area contributed by atoms with Gasteiger partial charge in [0.2, 0.25) is 0 Å². The molecule has 19 heavy (non-hydrogen) atoms. The van der Waals surface area contributed by atoms with E-state index in [-0.39, 0.29) is 6.10 Å². The summed E-state index contributed by atoms with van der Waals surface area (Å²) in [5.74, 6) is 0.729. The van der Waals surface area contributed by atoms with Crippen LogP contribution in [-0.2, 0) is 4.74 Å². The van der Waals surface area contributed by atoms with Gasteiger partial charge in [-0.25, -0.2) is 4.98 Å². The van der Waals surface area contributed by atoms with Crippen molar-refractivity contribution in [3.8, 4) is 5.75 Å². The number of aliphatic hydroxyl groups is 1. The van der Waals surface area contributed by atoms with Crippen molar-refractivity contribution in [1.82, 2.24) is 4.98 Å². The molecule has 2 atom stereocenters. The number of aromatic nitrogens is 1. The van der Waals surface area contributed by atoms with Crippen LogP contribution in [0.3, 0.4) is 0 Å². The number of pyridine rings is 1. The number of aliphatic hydroxyl groups excluding tert-OH is 1. The number of fused-ring (bicyclic) bond motifs is 1. The summed E-state index contributed by atoms with van der Waals surface area (Å²) < 4.78 is 11.0. The molecule has 0 spiro atoms. The maximum atomic E-state index is 9.27. The third-order valence-electron chi connectivity index (χ3n) is 3.15. The number of benzene rings is 1. The number of ether oxygens (including phenoxy) is 2. The first-order chi connectivity index (χ1) is 9.20. The Morgan fingerprint density at radius 1 is 1.32 bits per heavy atom. The van der Waals surface area contributed by atoms with Crippen molar-refractivity contribution in [3.63, 3.8) is 0 Å². The number of halogens is 1. The predicted octanol–water partition coefficient (Wildman–Crippen LogP) is 2.76. The lowest BCUT2D eigenvalue weighted by molar-refractivity contribution is -0.0984. The molecule has 1 saturated heterocycles. The van der Waals surface area contributed by atoms with Gasteiger partial charge in [-0.05, 0) is 30.7 Å². The Hall–Kier alpha value is -1.36. The third-order valence-corrected chi connectivity index (χ3v) is 3.36. The predicted molar refractivity (Wildman–Crippen MR) is 72.4 cm³/mol. The van der Waals surface area contributed by atoms with Gasteiger partial charge in [0.15, 0.2) is 6.29 Å². The molecule has 100 valence electrons. The highest BCUT2D eigenvalue weighted by Gasteiger charge is 2.23. The van der Waals surface area contributed by atoms with Gasteiger partial charge >= 0.3 is 0 Å². The van der Waals surface area contributed by atoms with E-state index < -0.39 is 6.29 Å². The van der Waals surface area contributed by atoms with E-state index >= 15 is 0 Å². The second kappa shape index (κ2) is 5.33. The molecular weight excluding hydrogens is 266 g/mol. The SMILES string of the molecule is OC1CCC(COc2ccc3ccc(Cl)nc3c2)O1. The maximum absolute atomic E-state index is 9.27. The molecule has 2 heterocycles. The van der Waals surface area contributed by atoms with Crippen molar-refractivity contribution in [2.24, 2.45) is 0 Å². The van der Waals surface area contributed by atoms with Crippen LogP contribution in [0.4, 0.5) is 0 Å². The van der Waals surface area contributed by atoms with Gasteiger partial charge in [0, 0.05) is 17.9 Å². The minimum atomic E-state index is -0.648. The van der Waals surface area contributed by atoms with Crippen LogP contribution in [-0.4, -0.2) is 29.1 Å². The fourth-order valence-electron chi connectivity index (χ4n) is 2.16. The largest absolute Gasteiger partial charge is 0.491 e. The fraction of sp³-hybridized carbons (Fsp3) is 0.357. The normalized spacial score (nSPS) is 22.8. The molecule has 1 fully saturated rings. The van der Waals surface area contributed by atoms with Crippen LogP contribution in [0, 0.1) is 0 Å². The first kappa shape index (κ1) is 12.7. The van der Waals surface area contributed by atoms with E-state index in [0.717, 1.165) is 23.1 Å². The average Bonchev–Trinajstić information content (AvgIpc) is 2.81. The van der Waals surface area contributed by atoms with Crippen LogP contribution in [0.15, 0.2) is 30.3 Å². The lowest BCUT2D eigenvalue weighted by Crippen LogP contribution is -2.18. The molecule has 4 nitrogen and oxygen atoms in total. The van der Waals surface area contributed by atoms with E-state index in [0.29, 0.717) is 18.2 Å². The topological polar surface area (TPSA) is 51.6 Å². The molecule has 1 aliphatic heterocycles. The molecule has 1 aliphatic rings. The van der Waals surface area contributed by atoms with Gasteiger partial charge in [-0.15, -0.1) is 0 Å². The number of hydrogen-bond donors (Lipinski definition) is 1. The fourth-order valence-corrected chi connectivity index (χ4v) is 2.31. The van der Waals surface area contributed by atoms with E-state index in [9.17, 15) is 5.11 Å². The van der Waals surface area contributed by atoms with E-state index in [4.69, 9.17) is 21.1 Å². The van der Waals surface area contributed by atoms with Crippen molar-refractivity contribution in [2.75, 3.05) is 6.61 Å². The first-order valence-corrected chi connectivity index (χ1v) is 6.61. The summed E-state index contributed by atoms with van der Waals surface area (Å²) >= 11 is 5.87. The zero-order chi connectivity index (χ0) is 13.2. The number of rotatable bonds is 3. The zero-order valence-corrected chi connectivity index (χ0v) is 11.0. The summed E-state index contributed by atoms with van der Waals surface area (Å²) in [4.78, 5) is 4.24. The van der Waals surface area contributed by atoms with Gasteiger partial charge in [0.25, 0.3) is 0 Å². The Labute approximate surface area is 115 Å². The summed E-state index contributed by atoms with van der Waals surface area (Å²) in [6.45, 7) is 0.434. The first-order valence-electron chi connectivity index (χ1n) is 6.23. The molecule has 0 aliphatic carbocycles. The van der Waals surface area contributed by atoms with Crippen LogP contribution < -0.4 is 4.74 Å². The minimum Gasteiger partial charge on any atom is -0.491 e. The van der Waals surface area contributed by atoms with Gasteiger partial charge in [-0.2, -0.15) is 0 Å². The Kier molecular flexibility index (Phi) is 3.55.